The molecule has 0 aromatic heterocycles. The number of carbonyl (C=O) groups is 1. The minimum absolute atomic E-state index is 0.00556. The summed E-state index contributed by atoms with van der Waals surface area (Å²) in [6, 6.07) is 27.1. The molecule has 1 unspecified atom stereocenters. The Hall–Kier alpha value is -2.98. The molecule has 4 aromatic carbocycles. The molecule has 4 heteroatoms. The minimum Gasteiger partial charge on any atom is -0.308 e. The predicted octanol–water partition coefficient (Wildman–Crippen LogP) is 6.81. The number of rotatable bonds is 3. The van der Waals surface area contributed by atoms with Crippen LogP contribution in [-0.4, -0.2) is 5.91 Å². The number of hydrogen-bond donors (Lipinski definition) is 0. The maximum absolute atomic E-state index is 14.3. The van der Waals surface area contributed by atoms with Crippen LogP contribution in [-0.2, 0) is 11.3 Å². The molecule has 1 aliphatic heterocycles. The maximum atomic E-state index is 14.3. The van der Waals surface area contributed by atoms with E-state index in [4.69, 9.17) is 0 Å². The normalized spacial score (nSPS) is 16.0. The molecule has 0 saturated heterocycles. The summed E-state index contributed by atoms with van der Waals surface area (Å²) in [6.07, 6.45) is 0.353. The molecule has 0 fully saturated rings. The van der Waals surface area contributed by atoms with E-state index in [9.17, 15) is 9.18 Å². The summed E-state index contributed by atoms with van der Waals surface area (Å²) in [5, 5.41) is 2.27. The minimum atomic E-state index is -0.290. The number of amides is 1. The highest BCUT2D eigenvalue weighted by molar-refractivity contribution is 9.10. The number of fused-ring (bicyclic) bond motifs is 3. The van der Waals surface area contributed by atoms with Crippen LogP contribution in [0.1, 0.15) is 29.0 Å². The summed E-state index contributed by atoms with van der Waals surface area (Å²) >= 11 is 3.56. The number of hydrogen-bond acceptors (Lipinski definition) is 1. The third-order valence-electron chi connectivity index (χ3n) is 5.80. The molecular weight excluding hydrogens is 441 g/mol. The Balaban J connectivity index is 1.70. The summed E-state index contributed by atoms with van der Waals surface area (Å²) in [5.74, 6) is -0.333. The zero-order valence-corrected chi connectivity index (χ0v) is 17.8. The van der Waals surface area contributed by atoms with Gasteiger partial charge in [0, 0.05) is 28.1 Å². The number of anilines is 1. The first-order valence-corrected chi connectivity index (χ1v) is 10.7. The third kappa shape index (κ3) is 3.31. The molecule has 0 radical (unpaired) electrons. The van der Waals surface area contributed by atoms with Gasteiger partial charge in [-0.15, -0.1) is 0 Å². The predicted molar refractivity (Wildman–Crippen MR) is 122 cm³/mol. The van der Waals surface area contributed by atoms with E-state index in [-0.39, 0.29) is 24.2 Å². The zero-order chi connectivity index (χ0) is 20.7. The average Bonchev–Trinajstić information content (AvgIpc) is 2.76. The summed E-state index contributed by atoms with van der Waals surface area (Å²) in [6.45, 7) is 0.224. The van der Waals surface area contributed by atoms with Crippen molar-refractivity contribution in [3.05, 3.63) is 112 Å². The first-order valence-electron chi connectivity index (χ1n) is 9.92. The number of benzene rings is 4. The molecule has 4 aromatic rings. The Kier molecular flexibility index (Phi) is 4.87. The van der Waals surface area contributed by atoms with E-state index in [0.717, 1.165) is 32.1 Å². The standard InChI is InChI=1S/C26H19BrFNO/c27-20-9-5-8-18(14-20)22-15-25(30)29(16-19-7-2-4-11-23(19)28)24-13-12-17-6-1-3-10-21(17)26(22)24/h1-14,22H,15-16H2. The van der Waals surface area contributed by atoms with Gasteiger partial charge in [0.1, 0.15) is 5.82 Å². The first-order chi connectivity index (χ1) is 14.6. The van der Waals surface area contributed by atoms with E-state index in [1.165, 1.54) is 6.07 Å². The van der Waals surface area contributed by atoms with Crippen molar-refractivity contribution in [1.29, 1.82) is 0 Å². The van der Waals surface area contributed by atoms with Gasteiger partial charge in [-0.3, -0.25) is 4.79 Å². The molecule has 1 heterocycles. The van der Waals surface area contributed by atoms with Crippen molar-refractivity contribution in [2.24, 2.45) is 0 Å². The Morgan fingerprint density at radius 1 is 0.933 bits per heavy atom. The van der Waals surface area contributed by atoms with Crippen molar-refractivity contribution in [2.45, 2.75) is 18.9 Å². The van der Waals surface area contributed by atoms with Crippen molar-refractivity contribution in [2.75, 3.05) is 4.90 Å². The van der Waals surface area contributed by atoms with E-state index >= 15 is 0 Å². The molecule has 5 rings (SSSR count). The van der Waals surface area contributed by atoms with Gasteiger partial charge in [0.25, 0.3) is 0 Å². The van der Waals surface area contributed by atoms with Gasteiger partial charge < -0.3 is 4.90 Å². The quantitative estimate of drug-likeness (QED) is 0.329. The van der Waals surface area contributed by atoms with E-state index in [1.807, 2.05) is 36.4 Å². The van der Waals surface area contributed by atoms with E-state index in [2.05, 4.69) is 40.2 Å². The van der Waals surface area contributed by atoms with Crippen molar-refractivity contribution >= 4 is 38.3 Å². The van der Waals surface area contributed by atoms with E-state index < -0.39 is 0 Å². The van der Waals surface area contributed by atoms with Crippen LogP contribution in [0.3, 0.4) is 0 Å². The molecule has 148 valence electrons. The van der Waals surface area contributed by atoms with Crippen LogP contribution in [0.5, 0.6) is 0 Å². The summed E-state index contributed by atoms with van der Waals surface area (Å²) < 4.78 is 15.3. The van der Waals surface area contributed by atoms with Gasteiger partial charge >= 0.3 is 0 Å². The molecule has 2 nitrogen and oxygen atoms in total. The van der Waals surface area contributed by atoms with Crippen LogP contribution >= 0.6 is 15.9 Å². The molecule has 0 spiro atoms. The Labute approximate surface area is 183 Å². The fourth-order valence-electron chi connectivity index (χ4n) is 4.39. The molecule has 0 saturated carbocycles. The highest BCUT2D eigenvalue weighted by Crippen LogP contribution is 2.44. The lowest BCUT2D eigenvalue weighted by molar-refractivity contribution is -0.119. The highest BCUT2D eigenvalue weighted by atomic mass is 79.9. The fraction of sp³-hybridized carbons (Fsp3) is 0.115. The molecule has 30 heavy (non-hydrogen) atoms. The van der Waals surface area contributed by atoms with Crippen molar-refractivity contribution in [3.8, 4) is 0 Å². The van der Waals surface area contributed by atoms with Crippen LogP contribution in [0.15, 0.2) is 89.4 Å². The van der Waals surface area contributed by atoms with Crippen LogP contribution in [0.25, 0.3) is 10.8 Å². The fourth-order valence-corrected chi connectivity index (χ4v) is 4.80. The second kappa shape index (κ2) is 7.69. The number of nitrogens with zero attached hydrogens (tertiary/aromatic N) is 1. The van der Waals surface area contributed by atoms with Crippen LogP contribution in [0.2, 0.25) is 0 Å². The lowest BCUT2D eigenvalue weighted by atomic mass is 9.81. The second-order valence-corrected chi connectivity index (χ2v) is 8.52. The SMILES string of the molecule is O=C1CC(c2cccc(Br)c2)c2c(ccc3ccccc23)N1Cc1ccccc1F. The Morgan fingerprint density at radius 3 is 2.57 bits per heavy atom. The van der Waals surface area contributed by atoms with Gasteiger partial charge in [-0.1, -0.05) is 76.6 Å². The molecular formula is C26H19BrFNO. The van der Waals surface area contributed by atoms with Gasteiger partial charge in [-0.05, 0) is 46.2 Å². The summed E-state index contributed by atoms with van der Waals surface area (Å²) in [7, 11) is 0. The highest BCUT2D eigenvalue weighted by Gasteiger charge is 2.34. The van der Waals surface area contributed by atoms with Crippen molar-refractivity contribution in [1.82, 2.24) is 0 Å². The van der Waals surface area contributed by atoms with Gasteiger partial charge in [-0.2, -0.15) is 0 Å². The van der Waals surface area contributed by atoms with Gasteiger partial charge in [0.2, 0.25) is 5.91 Å². The average molecular weight is 460 g/mol. The van der Waals surface area contributed by atoms with Gasteiger partial charge in [-0.25, -0.2) is 4.39 Å². The zero-order valence-electron chi connectivity index (χ0n) is 16.2. The number of carbonyl (C=O) groups excluding carboxylic acids is 1. The van der Waals surface area contributed by atoms with Crippen LogP contribution in [0.4, 0.5) is 10.1 Å². The Bertz CT molecular complexity index is 1270. The largest absolute Gasteiger partial charge is 0.308 e. The van der Waals surface area contributed by atoms with Gasteiger partial charge in [0.05, 0.1) is 6.54 Å². The molecule has 0 N–H and O–H groups in total. The lowest BCUT2D eigenvalue weighted by Gasteiger charge is -2.35. The van der Waals surface area contributed by atoms with Crippen LogP contribution < -0.4 is 4.90 Å². The Morgan fingerprint density at radius 2 is 1.73 bits per heavy atom. The topological polar surface area (TPSA) is 20.3 Å². The molecule has 1 atom stereocenters. The molecule has 1 amide bonds. The second-order valence-electron chi connectivity index (χ2n) is 7.60. The maximum Gasteiger partial charge on any atom is 0.228 e. The monoisotopic (exact) mass is 459 g/mol. The first kappa shape index (κ1) is 19.0. The smallest absolute Gasteiger partial charge is 0.228 e. The van der Waals surface area contributed by atoms with Gasteiger partial charge in [0.15, 0.2) is 0 Å². The number of halogens is 2. The summed E-state index contributed by atoms with van der Waals surface area (Å²) in [5.41, 5.74) is 3.60. The van der Waals surface area contributed by atoms with Crippen molar-refractivity contribution in [3.63, 3.8) is 0 Å². The lowest BCUT2D eigenvalue weighted by Crippen LogP contribution is -2.36. The van der Waals surface area contributed by atoms with Crippen LogP contribution in [0, 0.1) is 5.82 Å². The molecule has 1 aliphatic rings. The van der Waals surface area contributed by atoms with Crippen molar-refractivity contribution < 1.29 is 9.18 Å². The summed E-state index contributed by atoms with van der Waals surface area (Å²) in [4.78, 5) is 15.0. The third-order valence-corrected chi connectivity index (χ3v) is 6.30. The molecule has 0 aliphatic carbocycles. The molecule has 0 bridgehead atoms. The van der Waals surface area contributed by atoms with E-state index in [0.29, 0.717) is 12.0 Å². The van der Waals surface area contributed by atoms with E-state index in [1.54, 1.807) is 23.1 Å².